The zero-order valence-corrected chi connectivity index (χ0v) is 16.8. The standard InChI is InChI=1S/C19H25N3O2S2/c1-4-13(2)15-5-7-16(8-6-15)14(3)21-19(25)22-17-9-11-18(12-10-17)26(20,23)24/h5-14H,4H2,1-3H3,(H2,20,23,24)(H2,21,22,25). The van der Waals surface area contributed by atoms with Crippen molar-refractivity contribution in [2.45, 2.75) is 44.0 Å². The lowest BCUT2D eigenvalue weighted by molar-refractivity contribution is 0.598. The molecule has 26 heavy (non-hydrogen) atoms. The third-order valence-corrected chi connectivity index (χ3v) is 5.56. The lowest BCUT2D eigenvalue weighted by atomic mass is 9.96. The Bertz CT molecular complexity index is 847. The van der Waals surface area contributed by atoms with Crippen molar-refractivity contribution >= 4 is 33.0 Å². The largest absolute Gasteiger partial charge is 0.356 e. The summed E-state index contributed by atoms with van der Waals surface area (Å²) in [5, 5.41) is 11.8. The first-order valence-corrected chi connectivity index (χ1v) is 10.5. The van der Waals surface area contributed by atoms with Crippen molar-refractivity contribution in [2.75, 3.05) is 5.32 Å². The fourth-order valence-corrected chi connectivity index (χ4v) is 3.33. The minimum atomic E-state index is -3.69. The van der Waals surface area contributed by atoms with Gasteiger partial charge in [0.2, 0.25) is 10.0 Å². The van der Waals surface area contributed by atoms with Crippen molar-refractivity contribution in [3.05, 3.63) is 59.7 Å². The summed E-state index contributed by atoms with van der Waals surface area (Å²) in [6.07, 6.45) is 1.12. The third kappa shape index (κ3) is 5.52. The Balaban J connectivity index is 1.96. The van der Waals surface area contributed by atoms with Gasteiger partial charge in [0.05, 0.1) is 10.9 Å². The van der Waals surface area contributed by atoms with Gasteiger partial charge in [-0.05, 0) is 66.9 Å². The monoisotopic (exact) mass is 391 g/mol. The molecule has 0 bridgehead atoms. The van der Waals surface area contributed by atoms with Crippen LogP contribution in [-0.2, 0) is 10.0 Å². The van der Waals surface area contributed by atoms with Gasteiger partial charge >= 0.3 is 0 Å². The molecule has 0 aliphatic rings. The van der Waals surface area contributed by atoms with Crippen LogP contribution in [0.3, 0.4) is 0 Å². The summed E-state index contributed by atoms with van der Waals surface area (Å²) in [5.74, 6) is 0.551. The number of hydrogen-bond acceptors (Lipinski definition) is 3. The first-order valence-electron chi connectivity index (χ1n) is 8.51. The van der Waals surface area contributed by atoms with E-state index in [2.05, 4.69) is 48.7 Å². The first-order chi connectivity index (χ1) is 12.2. The number of thiocarbonyl (C=S) groups is 1. The summed E-state index contributed by atoms with van der Waals surface area (Å²) in [6, 6.07) is 14.7. The maximum absolute atomic E-state index is 11.3. The number of rotatable bonds is 6. The highest BCUT2D eigenvalue weighted by atomic mass is 32.2. The van der Waals surface area contributed by atoms with E-state index in [4.69, 9.17) is 17.4 Å². The van der Waals surface area contributed by atoms with Crippen LogP contribution in [0.25, 0.3) is 0 Å². The molecule has 2 unspecified atom stereocenters. The highest BCUT2D eigenvalue weighted by Gasteiger charge is 2.10. The molecule has 140 valence electrons. The molecule has 0 saturated carbocycles. The average Bonchev–Trinajstić information content (AvgIpc) is 2.60. The molecular formula is C19H25N3O2S2. The highest BCUT2D eigenvalue weighted by Crippen LogP contribution is 2.21. The molecule has 0 aliphatic carbocycles. The Labute approximate surface area is 161 Å². The number of hydrogen-bond donors (Lipinski definition) is 3. The maximum Gasteiger partial charge on any atom is 0.238 e. The molecule has 0 amide bonds. The summed E-state index contributed by atoms with van der Waals surface area (Å²) in [5.41, 5.74) is 3.17. The molecule has 2 rings (SSSR count). The predicted molar refractivity (Wildman–Crippen MR) is 111 cm³/mol. The third-order valence-electron chi connectivity index (χ3n) is 4.41. The van der Waals surface area contributed by atoms with Crippen LogP contribution in [0.1, 0.15) is 50.3 Å². The topological polar surface area (TPSA) is 84.2 Å². The zero-order chi connectivity index (χ0) is 19.3. The summed E-state index contributed by atoms with van der Waals surface area (Å²) < 4.78 is 22.5. The molecule has 0 spiro atoms. The molecule has 7 heteroatoms. The van der Waals surface area contributed by atoms with Crippen LogP contribution in [-0.4, -0.2) is 13.5 Å². The van der Waals surface area contributed by atoms with Crippen LogP contribution < -0.4 is 15.8 Å². The average molecular weight is 392 g/mol. The van der Waals surface area contributed by atoms with Crippen molar-refractivity contribution in [3.8, 4) is 0 Å². The Kier molecular flexibility index (Phi) is 6.75. The second-order valence-electron chi connectivity index (χ2n) is 6.37. The zero-order valence-electron chi connectivity index (χ0n) is 15.2. The van der Waals surface area contributed by atoms with Gasteiger partial charge in [0, 0.05) is 5.69 Å². The van der Waals surface area contributed by atoms with Gasteiger partial charge in [0.25, 0.3) is 0 Å². The minimum absolute atomic E-state index is 0.0460. The van der Waals surface area contributed by atoms with Crippen molar-refractivity contribution < 1.29 is 8.42 Å². The summed E-state index contributed by atoms with van der Waals surface area (Å²) >= 11 is 5.34. The first kappa shape index (κ1) is 20.4. The number of sulfonamides is 1. The van der Waals surface area contributed by atoms with Crippen LogP contribution in [0, 0.1) is 0 Å². The van der Waals surface area contributed by atoms with Crippen LogP contribution in [0.5, 0.6) is 0 Å². The maximum atomic E-state index is 11.3. The second-order valence-corrected chi connectivity index (χ2v) is 8.34. The fraction of sp³-hybridized carbons (Fsp3) is 0.316. The summed E-state index contributed by atoms with van der Waals surface area (Å²) in [6.45, 7) is 6.44. The van der Waals surface area contributed by atoms with Crippen LogP contribution in [0.15, 0.2) is 53.4 Å². The molecule has 2 aromatic rings. The van der Waals surface area contributed by atoms with E-state index in [-0.39, 0.29) is 10.9 Å². The van der Waals surface area contributed by atoms with E-state index in [9.17, 15) is 8.42 Å². The second kappa shape index (κ2) is 8.62. The molecule has 0 saturated heterocycles. The van der Waals surface area contributed by atoms with Crippen molar-refractivity contribution in [1.29, 1.82) is 0 Å². The van der Waals surface area contributed by atoms with Crippen LogP contribution in [0.4, 0.5) is 5.69 Å². The van der Waals surface area contributed by atoms with Crippen molar-refractivity contribution in [1.82, 2.24) is 5.32 Å². The van der Waals surface area contributed by atoms with Gasteiger partial charge in [-0.25, -0.2) is 13.6 Å². The van der Waals surface area contributed by atoms with Gasteiger partial charge in [-0.3, -0.25) is 0 Å². The fourth-order valence-electron chi connectivity index (χ4n) is 2.52. The molecule has 5 nitrogen and oxygen atoms in total. The quantitative estimate of drug-likeness (QED) is 0.651. The molecule has 2 atom stereocenters. The molecule has 0 fully saturated rings. The molecule has 0 radical (unpaired) electrons. The van der Waals surface area contributed by atoms with Gasteiger partial charge in [-0.2, -0.15) is 0 Å². The van der Waals surface area contributed by atoms with E-state index in [1.54, 1.807) is 12.1 Å². The van der Waals surface area contributed by atoms with Crippen molar-refractivity contribution in [3.63, 3.8) is 0 Å². The van der Waals surface area contributed by atoms with Crippen LogP contribution in [0.2, 0.25) is 0 Å². The van der Waals surface area contributed by atoms with E-state index >= 15 is 0 Å². The van der Waals surface area contributed by atoms with Gasteiger partial charge in [-0.15, -0.1) is 0 Å². The molecule has 0 aromatic heterocycles. The highest BCUT2D eigenvalue weighted by molar-refractivity contribution is 7.89. The summed E-state index contributed by atoms with van der Waals surface area (Å²) in [4.78, 5) is 0.0664. The molecule has 0 aliphatic heterocycles. The van der Waals surface area contributed by atoms with Gasteiger partial charge < -0.3 is 10.6 Å². The Morgan fingerprint density at radius 2 is 1.58 bits per heavy atom. The van der Waals surface area contributed by atoms with E-state index in [0.717, 1.165) is 12.0 Å². The molecule has 0 heterocycles. The molecule has 2 aromatic carbocycles. The number of anilines is 1. The van der Waals surface area contributed by atoms with Gasteiger partial charge in [0.15, 0.2) is 5.11 Å². The lowest BCUT2D eigenvalue weighted by Crippen LogP contribution is -2.30. The number of benzene rings is 2. The number of nitrogens with one attached hydrogen (secondary N) is 2. The minimum Gasteiger partial charge on any atom is -0.356 e. The molecule has 4 N–H and O–H groups in total. The van der Waals surface area contributed by atoms with E-state index in [1.165, 1.54) is 17.7 Å². The normalized spacial score (nSPS) is 13.7. The SMILES string of the molecule is CCC(C)c1ccc(C(C)NC(=S)Nc2ccc(S(N)(=O)=O)cc2)cc1. The Morgan fingerprint density at radius 1 is 1.04 bits per heavy atom. The lowest BCUT2D eigenvalue weighted by Gasteiger charge is -2.18. The van der Waals surface area contributed by atoms with Gasteiger partial charge in [0.1, 0.15) is 0 Å². The predicted octanol–water partition coefficient (Wildman–Crippen LogP) is 3.90. The van der Waals surface area contributed by atoms with E-state index < -0.39 is 10.0 Å². The number of primary sulfonamides is 1. The Hall–Kier alpha value is -1.96. The van der Waals surface area contributed by atoms with Crippen LogP contribution >= 0.6 is 12.2 Å². The summed E-state index contributed by atoms with van der Waals surface area (Å²) in [7, 11) is -3.69. The van der Waals surface area contributed by atoms with E-state index in [1.807, 2.05) is 6.92 Å². The van der Waals surface area contributed by atoms with Crippen molar-refractivity contribution in [2.24, 2.45) is 5.14 Å². The van der Waals surface area contributed by atoms with E-state index in [0.29, 0.717) is 16.7 Å². The van der Waals surface area contributed by atoms with Gasteiger partial charge in [-0.1, -0.05) is 38.1 Å². The molecular weight excluding hydrogens is 366 g/mol. The Morgan fingerprint density at radius 3 is 2.08 bits per heavy atom. The smallest absolute Gasteiger partial charge is 0.238 e. The number of nitrogens with two attached hydrogens (primary N) is 1.